The fourth-order valence-corrected chi connectivity index (χ4v) is 8.89. The zero-order valence-electron chi connectivity index (χ0n) is 33.3. The van der Waals surface area contributed by atoms with E-state index in [2.05, 4.69) is 158 Å². The van der Waals surface area contributed by atoms with Gasteiger partial charge in [-0.3, -0.25) is 0 Å². The van der Waals surface area contributed by atoms with Crippen LogP contribution in [-0.2, 0) is 0 Å². The maximum atomic E-state index is 7.44. The fraction of sp³-hybridized carbons (Fsp3) is 0.0351. The number of hydrogen-bond donors (Lipinski definition) is 0. The molecule has 288 valence electrons. The van der Waals surface area contributed by atoms with Gasteiger partial charge in [-0.15, -0.1) is 0 Å². The van der Waals surface area contributed by atoms with Crippen LogP contribution < -0.4 is 0 Å². The predicted octanol–water partition coefficient (Wildman–Crippen LogP) is 15.0. The van der Waals surface area contributed by atoms with Crippen molar-refractivity contribution in [3.8, 4) is 78.7 Å². The molecule has 0 N–H and O–H groups in total. The summed E-state index contributed by atoms with van der Waals surface area (Å²) in [5, 5.41) is 2.19. The third kappa shape index (κ3) is 6.65. The average Bonchev–Trinajstić information content (AvgIpc) is 3.74. The normalized spacial score (nSPS) is 13.5. The summed E-state index contributed by atoms with van der Waals surface area (Å²) in [7, 11) is 0. The second-order valence-corrected chi connectivity index (χ2v) is 15.4. The molecule has 1 aliphatic carbocycles. The van der Waals surface area contributed by atoms with E-state index in [0.717, 1.165) is 72.9 Å². The first-order valence-electron chi connectivity index (χ1n) is 20.8. The maximum absolute atomic E-state index is 7.44. The van der Waals surface area contributed by atoms with Crippen LogP contribution in [0.3, 0.4) is 0 Å². The summed E-state index contributed by atoms with van der Waals surface area (Å²) in [6.07, 6.45) is 9.80. The average molecular weight is 782 g/mol. The smallest absolute Gasteiger partial charge is 0.164 e. The van der Waals surface area contributed by atoms with E-state index in [1.807, 2.05) is 60.7 Å². The minimum atomic E-state index is 0.101. The van der Waals surface area contributed by atoms with Gasteiger partial charge in [-0.05, 0) is 45.9 Å². The van der Waals surface area contributed by atoms with E-state index in [0.29, 0.717) is 17.5 Å². The van der Waals surface area contributed by atoms with Crippen molar-refractivity contribution in [1.82, 2.24) is 15.0 Å². The Kier molecular flexibility index (Phi) is 9.29. The second-order valence-electron chi connectivity index (χ2n) is 15.4. The molecule has 11 rings (SSSR count). The fourth-order valence-electron chi connectivity index (χ4n) is 8.89. The molecular formula is C57H39N3O. The minimum absolute atomic E-state index is 0.101. The van der Waals surface area contributed by atoms with Crippen molar-refractivity contribution in [3.63, 3.8) is 0 Å². The molecule has 1 unspecified atom stereocenters. The van der Waals surface area contributed by atoms with Crippen LogP contribution >= 0.6 is 0 Å². The maximum Gasteiger partial charge on any atom is 0.164 e. The van der Waals surface area contributed by atoms with Gasteiger partial charge in [0, 0.05) is 50.1 Å². The summed E-state index contributed by atoms with van der Waals surface area (Å²) in [5.41, 5.74) is 14.8. The molecule has 0 fully saturated rings. The van der Waals surface area contributed by atoms with Gasteiger partial charge in [0.15, 0.2) is 17.5 Å². The van der Waals surface area contributed by atoms with E-state index < -0.39 is 0 Å². The van der Waals surface area contributed by atoms with Crippen LogP contribution in [0.25, 0.3) is 101 Å². The quantitative estimate of drug-likeness (QED) is 0.154. The van der Waals surface area contributed by atoms with Gasteiger partial charge < -0.3 is 4.42 Å². The lowest BCUT2D eigenvalue weighted by Crippen LogP contribution is -2.04. The molecule has 8 aromatic carbocycles. The molecule has 0 spiro atoms. The molecule has 2 heterocycles. The lowest BCUT2D eigenvalue weighted by Gasteiger charge is -2.25. The van der Waals surface area contributed by atoms with Crippen molar-refractivity contribution >= 4 is 21.9 Å². The molecule has 0 saturated carbocycles. The summed E-state index contributed by atoms with van der Waals surface area (Å²) >= 11 is 0. The van der Waals surface area contributed by atoms with Crippen LogP contribution in [0.15, 0.2) is 223 Å². The summed E-state index contributed by atoms with van der Waals surface area (Å²) in [5.74, 6) is 1.97. The number of rotatable bonds is 8. The first-order chi connectivity index (χ1) is 30.3. The third-order valence-corrected chi connectivity index (χ3v) is 11.6. The zero-order valence-corrected chi connectivity index (χ0v) is 33.3. The topological polar surface area (TPSA) is 51.8 Å². The molecule has 0 amide bonds. The Hall–Kier alpha value is -7.95. The van der Waals surface area contributed by atoms with Crippen LogP contribution in [0, 0.1) is 0 Å². The van der Waals surface area contributed by atoms with Crippen molar-refractivity contribution in [2.45, 2.75) is 12.3 Å². The molecule has 0 bridgehead atoms. The SMILES string of the molecule is C1=CCC(c2c(-c3ccccc3)c(-c3ccccc3)c(-c3ccccc3)c3c2oc2c(-c4cccc(-c5nc(-c6ccccc6)nc(-c6ccccc6)n5)c4)cccc23)C=C1. The Morgan fingerprint density at radius 3 is 1.43 bits per heavy atom. The van der Waals surface area contributed by atoms with Gasteiger partial charge in [0.05, 0.1) is 0 Å². The summed E-state index contributed by atoms with van der Waals surface area (Å²) in [6, 6.07) is 67.8. The molecule has 0 saturated heterocycles. The van der Waals surface area contributed by atoms with Crippen molar-refractivity contribution < 1.29 is 4.42 Å². The Morgan fingerprint density at radius 1 is 0.393 bits per heavy atom. The zero-order chi connectivity index (χ0) is 40.5. The van der Waals surface area contributed by atoms with Gasteiger partial charge in [0.1, 0.15) is 11.2 Å². The minimum Gasteiger partial charge on any atom is -0.455 e. The lowest BCUT2D eigenvalue weighted by atomic mass is 9.77. The highest BCUT2D eigenvalue weighted by Crippen LogP contribution is 2.53. The van der Waals surface area contributed by atoms with Gasteiger partial charge in [0.25, 0.3) is 0 Å². The van der Waals surface area contributed by atoms with Gasteiger partial charge >= 0.3 is 0 Å². The van der Waals surface area contributed by atoms with E-state index in [1.54, 1.807) is 0 Å². The monoisotopic (exact) mass is 781 g/mol. The van der Waals surface area contributed by atoms with Crippen molar-refractivity contribution in [3.05, 3.63) is 224 Å². The Bertz CT molecular complexity index is 3190. The van der Waals surface area contributed by atoms with Crippen molar-refractivity contribution in [1.29, 1.82) is 0 Å². The number of para-hydroxylation sites is 1. The van der Waals surface area contributed by atoms with Gasteiger partial charge in [-0.25, -0.2) is 15.0 Å². The first kappa shape index (κ1) is 36.2. The number of allylic oxidation sites excluding steroid dienone is 4. The summed E-state index contributed by atoms with van der Waals surface area (Å²) in [6.45, 7) is 0. The third-order valence-electron chi connectivity index (χ3n) is 11.6. The molecule has 2 aromatic heterocycles. The van der Waals surface area contributed by atoms with Crippen LogP contribution in [0.2, 0.25) is 0 Å². The van der Waals surface area contributed by atoms with Crippen molar-refractivity contribution in [2.24, 2.45) is 0 Å². The van der Waals surface area contributed by atoms with Crippen LogP contribution in [0.5, 0.6) is 0 Å². The van der Waals surface area contributed by atoms with Crippen LogP contribution in [0.4, 0.5) is 0 Å². The van der Waals surface area contributed by atoms with Gasteiger partial charge in [-0.2, -0.15) is 0 Å². The van der Waals surface area contributed by atoms with Crippen LogP contribution in [-0.4, -0.2) is 15.0 Å². The van der Waals surface area contributed by atoms with E-state index in [4.69, 9.17) is 19.4 Å². The first-order valence-corrected chi connectivity index (χ1v) is 20.8. The Balaban J connectivity index is 1.19. The molecule has 10 aromatic rings. The number of hydrogen-bond acceptors (Lipinski definition) is 4. The highest BCUT2D eigenvalue weighted by atomic mass is 16.3. The summed E-state index contributed by atoms with van der Waals surface area (Å²) < 4.78 is 7.44. The molecule has 4 heteroatoms. The van der Waals surface area contributed by atoms with E-state index in [-0.39, 0.29) is 5.92 Å². The summed E-state index contributed by atoms with van der Waals surface area (Å²) in [4.78, 5) is 15.1. The molecule has 1 atom stereocenters. The Labute approximate surface area is 354 Å². The number of benzene rings is 8. The van der Waals surface area contributed by atoms with Gasteiger partial charge in [-0.1, -0.05) is 212 Å². The molecule has 0 radical (unpaired) electrons. The highest BCUT2D eigenvalue weighted by molar-refractivity contribution is 6.22. The largest absolute Gasteiger partial charge is 0.455 e. The Morgan fingerprint density at radius 2 is 0.869 bits per heavy atom. The predicted molar refractivity (Wildman–Crippen MR) is 251 cm³/mol. The van der Waals surface area contributed by atoms with Crippen molar-refractivity contribution in [2.75, 3.05) is 0 Å². The number of nitrogens with zero attached hydrogens (tertiary/aromatic N) is 3. The molecule has 61 heavy (non-hydrogen) atoms. The second kappa shape index (κ2) is 15.7. The standard InChI is InChI=1S/C57H39N3O/c1-7-21-38(22-8-1)48-49(39-23-9-2-10-24-39)51(41-27-13-4-14-28-41)54-52(50(48)40-25-11-3-12-26-40)47-36-20-35-46(53(47)61-54)44-33-19-34-45(37-44)57-59-55(42-29-15-5-16-30-42)58-56(60-57)43-31-17-6-18-32-43/h1-27,29-37,41H,28H2. The van der Waals surface area contributed by atoms with Crippen LogP contribution in [0.1, 0.15) is 17.9 Å². The number of fused-ring (bicyclic) bond motifs is 3. The van der Waals surface area contributed by atoms with E-state index in [9.17, 15) is 0 Å². The molecule has 0 aliphatic heterocycles. The molecule has 4 nitrogen and oxygen atoms in total. The van der Waals surface area contributed by atoms with E-state index in [1.165, 1.54) is 22.3 Å². The van der Waals surface area contributed by atoms with Gasteiger partial charge in [0.2, 0.25) is 0 Å². The number of furan rings is 1. The highest BCUT2D eigenvalue weighted by Gasteiger charge is 2.30. The number of aromatic nitrogens is 3. The molecule has 1 aliphatic rings. The molecular weight excluding hydrogens is 743 g/mol. The lowest BCUT2D eigenvalue weighted by molar-refractivity contribution is 0.659. The van der Waals surface area contributed by atoms with E-state index >= 15 is 0 Å².